The molecule has 2 heterocycles. The maximum atomic E-state index is 12.1. The summed E-state index contributed by atoms with van der Waals surface area (Å²) in [6.45, 7) is 4.87. The fourth-order valence-electron chi connectivity index (χ4n) is 4.50. The first-order chi connectivity index (χ1) is 13.1. The minimum absolute atomic E-state index is 0.0683. The highest BCUT2D eigenvalue weighted by atomic mass is 16.5. The third kappa shape index (κ3) is 4.82. The summed E-state index contributed by atoms with van der Waals surface area (Å²) in [4.78, 5) is 26.4. The van der Waals surface area contributed by atoms with Gasteiger partial charge in [-0.15, -0.1) is 0 Å². The number of hydrogen-bond acceptors (Lipinski definition) is 5. The molecule has 2 aliphatic heterocycles. The molecule has 2 bridgehead atoms. The molecule has 2 saturated heterocycles. The van der Waals surface area contributed by atoms with Gasteiger partial charge in [-0.25, -0.2) is 4.79 Å². The molecule has 3 atom stereocenters. The van der Waals surface area contributed by atoms with Crippen LogP contribution in [-0.4, -0.2) is 37.2 Å². The Hall–Kier alpha value is -2.04. The average molecular weight is 373 g/mol. The van der Waals surface area contributed by atoms with Crippen LogP contribution in [0.3, 0.4) is 0 Å². The van der Waals surface area contributed by atoms with Crippen LogP contribution < -0.4 is 4.90 Å². The minimum Gasteiger partial charge on any atom is -0.466 e. The van der Waals surface area contributed by atoms with E-state index in [0.29, 0.717) is 43.2 Å². The lowest BCUT2D eigenvalue weighted by Gasteiger charge is -2.40. The maximum absolute atomic E-state index is 12.1. The van der Waals surface area contributed by atoms with Gasteiger partial charge in [0, 0.05) is 24.2 Å². The van der Waals surface area contributed by atoms with Crippen molar-refractivity contribution in [3.63, 3.8) is 0 Å². The molecule has 27 heavy (non-hydrogen) atoms. The first-order valence-corrected chi connectivity index (χ1v) is 10.3. The second kappa shape index (κ2) is 9.25. The second-order valence-corrected chi connectivity index (χ2v) is 7.68. The Morgan fingerprint density at radius 1 is 1.04 bits per heavy atom. The van der Waals surface area contributed by atoms with Crippen LogP contribution in [0.2, 0.25) is 0 Å². The van der Waals surface area contributed by atoms with Gasteiger partial charge in [-0.3, -0.25) is 4.79 Å². The van der Waals surface area contributed by atoms with Crippen LogP contribution in [0, 0.1) is 5.92 Å². The van der Waals surface area contributed by atoms with Crippen molar-refractivity contribution in [1.29, 1.82) is 0 Å². The lowest BCUT2D eigenvalue weighted by molar-refractivity contribution is -0.144. The molecule has 5 heteroatoms. The van der Waals surface area contributed by atoms with Crippen LogP contribution in [0.5, 0.6) is 0 Å². The van der Waals surface area contributed by atoms with E-state index in [1.54, 1.807) is 0 Å². The molecule has 0 saturated carbocycles. The third-order valence-corrected chi connectivity index (χ3v) is 5.72. The van der Waals surface area contributed by atoms with E-state index in [-0.39, 0.29) is 11.9 Å². The van der Waals surface area contributed by atoms with Crippen molar-refractivity contribution < 1.29 is 19.1 Å². The molecule has 1 aromatic carbocycles. The third-order valence-electron chi connectivity index (χ3n) is 5.72. The Labute approximate surface area is 162 Å². The quantitative estimate of drug-likeness (QED) is 0.501. The summed E-state index contributed by atoms with van der Waals surface area (Å²) in [5, 5.41) is 0. The fraction of sp³-hybridized carbons (Fsp3) is 0.636. The summed E-state index contributed by atoms with van der Waals surface area (Å²) in [6, 6.07) is 8.76. The minimum atomic E-state index is -0.244. The molecule has 0 amide bonds. The number of anilines is 1. The number of ether oxygens (including phenoxy) is 2. The highest BCUT2D eigenvalue weighted by Crippen LogP contribution is 2.42. The van der Waals surface area contributed by atoms with Gasteiger partial charge in [0.1, 0.15) is 0 Å². The molecule has 0 N–H and O–H groups in total. The molecular weight excluding hydrogens is 342 g/mol. The van der Waals surface area contributed by atoms with E-state index in [1.807, 2.05) is 31.2 Å². The SMILES string of the molecule is CCCCOC(=O)c1ccc(N2[C@@H]3CC[C@H]2CC(CC(=O)OCC)C3)cc1. The highest BCUT2D eigenvalue weighted by Gasteiger charge is 2.41. The predicted octanol–water partition coefficient (Wildman–Crippen LogP) is 4.34. The first-order valence-electron chi connectivity index (χ1n) is 10.3. The number of piperidine rings is 1. The van der Waals surface area contributed by atoms with Gasteiger partial charge in [0.2, 0.25) is 0 Å². The Kier molecular flexibility index (Phi) is 6.75. The summed E-state index contributed by atoms with van der Waals surface area (Å²) >= 11 is 0. The van der Waals surface area contributed by atoms with Crippen molar-refractivity contribution in [1.82, 2.24) is 0 Å². The smallest absolute Gasteiger partial charge is 0.338 e. The maximum Gasteiger partial charge on any atom is 0.338 e. The van der Waals surface area contributed by atoms with Crippen LogP contribution in [0.1, 0.15) is 69.2 Å². The summed E-state index contributed by atoms with van der Waals surface area (Å²) in [5.41, 5.74) is 1.78. The van der Waals surface area contributed by atoms with Crippen molar-refractivity contribution in [3.05, 3.63) is 29.8 Å². The van der Waals surface area contributed by atoms with Gasteiger partial charge in [0.05, 0.1) is 18.8 Å². The Balaban J connectivity index is 1.59. The molecular formula is C22H31NO4. The van der Waals surface area contributed by atoms with Crippen LogP contribution >= 0.6 is 0 Å². The van der Waals surface area contributed by atoms with Gasteiger partial charge >= 0.3 is 11.9 Å². The van der Waals surface area contributed by atoms with Crippen LogP contribution in [-0.2, 0) is 14.3 Å². The molecule has 1 aromatic rings. The monoisotopic (exact) mass is 373 g/mol. The molecule has 148 valence electrons. The molecule has 3 rings (SSSR count). The van der Waals surface area contributed by atoms with Crippen LogP contribution in [0.4, 0.5) is 5.69 Å². The summed E-state index contributed by atoms with van der Waals surface area (Å²) in [7, 11) is 0. The number of carbonyl (C=O) groups is 2. The predicted molar refractivity (Wildman–Crippen MR) is 105 cm³/mol. The van der Waals surface area contributed by atoms with Crippen LogP contribution in [0.25, 0.3) is 0 Å². The Bertz CT molecular complexity index is 628. The number of fused-ring (bicyclic) bond motifs is 2. The van der Waals surface area contributed by atoms with Gasteiger partial charge in [0.25, 0.3) is 0 Å². The molecule has 5 nitrogen and oxygen atoms in total. The number of rotatable bonds is 8. The van der Waals surface area contributed by atoms with Gasteiger partial charge in [-0.1, -0.05) is 13.3 Å². The van der Waals surface area contributed by atoms with Crippen molar-refractivity contribution >= 4 is 17.6 Å². The topological polar surface area (TPSA) is 55.8 Å². The zero-order chi connectivity index (χ0) is 19.2. The molecule has 2 aliphatic rings. The van der Waals surface area contributed by atoms with E-state index in [4.69, 9.17) is 9.47 Å². The number of hydrogen-bond donors (Lipinski definition) is 0. The van der Waals surface area contributed by atoms with Crippen molar-refractivity contribution in [2.75, 3.05) is 18.1 Å². The number of nitrogens with zero attached hydrogens (tertiary/aromatic N) is 1. The number of benzene rings is 1. The van der Waals surface area contributed by atoms with Gasteiger partial charge < -0.3 is 14.4 Å². The zero-order valence-corrected chi connectivity index (χ0v) is 16.5. The van der Waals surface area contributed by atoms with E-state index >= 15 is 0 Å². The Morgan fingerprint density at radius 3 is 2.30 bits per heavy atom. The second-order valence-electron chi connectivity index (χ2n) is 7.68. The summed E-state index contributed by atoms with van der Waals surface area (Å²) in [5.74, 6) is 0.109. The van der Waals surface area contributed by atoms with Crippen molar-refractivity contribution in [3.8, 4) is 0 Å². The fourth-order valence-corrected chi connectivity index (χ4v) is 4.50. The van der Waals surface area contributed by atoms with Gasteiger partial charge in [-0.2, -0.15) is 0 Å². The van der Waals surface area contributed by atoms with E-state index < -0.39 is 0 Å². The Morgan fingerprint density at radius 2 is 1.70 bits per heavy atom. The van der Waals surface area contributed by atoms with Crippen molar-refractivity contribution in [2.24, 2.45) is 5.92 Å². The van der Waals surface area contributed by atoms with E-state index in [9.17, 15) is 9.59 Å². The lowest BCUT2D eigenvalue weighted by Crippen LogP contribution is -2.43. The molecule has 0 spiro atoms. The van der Waals surface area contributed by atoms with Crippen LogP contribution in [0.15, 0.2) is 24.3 Å². The molecule has 1 unspecified atom stereocenters. The van der Waals surface area contributed by atoms with E-state index in [2.05, 4.69) is 11.8 Å². The number of esters is 2. The first kappa shape index (κ1) is 19.7. The average Bonchev–Trinajstić information content (AvgIpc) is 2.93. The molecule has 2 fully saturated rings. The summed E-state index contributed by atoms with van der Waals surface area (Å²) < 4.78 is 10.4. The van der Waals surface area contributed by atoms with Gasteiger partial charge in [-0.05, 0) is 69.2 Å². The highest BCUT2D eigenvalue weighted by molar-refractivity contribution is 5.89. The van der Waals surface area contributed by atoms with E-state index in [0.717, 1.165) is 25.7 Å². The number of carbonyl (C=O) groups excluding carboxylic acids is 2. The molecule has 0 aliphatic carbocycles. The molecule has 0 radical (unpaired) electrons. The number of unbranched alkanes of at least 4 members (excludes halogenated alkanes) is 1. The van der Waals surface area contributed by atoms with Crippen molar-refractivity contribution in [2.45, 2.75) is 70.9 Å². The standard InChI is InChI=1S/C22H31NO4/c1-3-5-12-27-22(25)17-6-8-18(9-7-17)23-19-10-11-20(23)14-16(13-19)15-21(24)26-4-2/h6-9,16,19-20H,3-5,10-15H2,1-2H3/t16?,19-,20+. The summed E-state index contributed by atoms with van der Waals surface area (Å²) in [6.07, 6.45) is 6.87. The largest absolute Gasteiger partial charge is 0.466 e. The van der Waals surface area contributed by atoms with E-state index in [1.165, 1.54) is 18.5 Å². The van der Waals surface area contributed by atoms with Gasteiger partial charge in [0.15, 0.2) is 0 Å². The molecule has 0 aromatic heterocycles. The zero-order valence-electron chi connectivity index (χ0n) is 16.5. The lowest BCUT2D eigenvalue weighted by atomic mass is 9.88. The normalized spacial score (nSPS) is 23.9.